The Hall–Kier alpha value is -2.32. The van der Waals surface area contributed by atoms with Crippen LogP contribution in [0.25, 0.3) is 0 Å². The molecule has 3 rings (SSSR count). The van der Waals surface area contributed by atoms with Crippen molar-refractivity contribution < 1.29 is 22.0 Å². The highest BCUT2D eigenvalue weighted by atomic mass is 32.2. The predicted molar refractivity (Wildman–Crippen MR) is 99.2 cm³/mol. The van der Waals surface area contributed by atoms with Crippen molar-refractivity contribution >= 4 is 21.5 Å². The summed E-state index contributed by atoms with van der Waals surface area (Å²) in [6.07, 6.45) is 0. The van der Waals surface area contributed by atoms with Gasteiger partial charge in [-0.3, -0.25) is 4.79 Å². The maximum absolute atomic E-state index is 14.3. The Balaban J connectivity index is 1.66. The van der Waals surface area contributed by atoms with Gasteiger partial charge in [-0.1, -0.05) is 12.1 Å². The number of nitrogens with zero attached hydrogens (tertiary/aromatic N) is 2. The van der Waals surface area contributed by atoms with Crippen LogP contribution in [0.5, 0.6) is 0 Å². The Labute approximate surface area is 157 Å². The van der Waals surface area contributed by atoms with E-state index in [1.54, 1.807) is 17.0 Å². The highest BCUT2D eigenvalue weighted by Gasteiger charge is 2.28. The molecule has 0 atom stereocenters. The van der Waals surface area contributed by atoms with Crippen LogP contribution in [-0.2, 0) is 15.8 Å². The maximum atomic E-state index is 14.3. The number of ketones is 1. The van der Waals surface area contributed by atoms with Crippen molar-refractivity contribution in [2.24, 2.45) is 0 Å². The summed E-state index contributed by atoms with van der Waals surface area (Å²) in [5.41, 5.74) is 1.18. The van der Waals surface area contributed by atoms with Gasteiger partial charge < -0.3 is 4.90 Å². The van der Waals surface area contributed by atoms with E-state index in [9.17, 15) is 22.0 Å². The first kappa shape index (κ1) is 19.4. The fourth-order valence-corrected chi connectivity index (χ4v) is 4.59. The first-order valence-electron chi connectivity index (χ1n) is 8.54. The molecule has 0 amide bonds. The molecule has 0 N–H and O–H groups in total. The van der Waals surface area contributed by atoms with Gasteiger partial charge in [0.2, 0.25) is 10.0 Å². The quantitative estimate of drug-likeness (QED) is 0.732. The molecule has 1 aliphatic heterocycles. The van der Waals surface area contributed by atoms with E-state index in [1.165, 1.54) is 41.6 Å². The van der Waals surface area contributed by atoms with E-state index >= 15 is 0 Å². The molecule has 1 aliphatic rings. The molecule has 27 heavy (non-hydrogen) atoms. The molecular weight excluding hydrogens is 374 g/mol. The molecule has 2 aromatic rings. The standard InChI is InChI=1S/C19H20F2N2O3S/c1-14(24)16-4-7-19(18(21)12-16)22-8-10-23(11-9-22)27(25,26)13-15-2-5-17(20)6-3-15/h2-7,12H,8-11,13H2,1H3. The number of carbonyl (C=O) groups is 1. The third-order valence-corrected chi connectivity index (χ3v) is 6.44. The lowest BCUT2D eigenvalue weighted by Gasteiger charge is -2.35. The summed E-state index contributed by atoms with van der Waals surface area (Å²) in [7, 11) is -3.54. The molecule has 0 bridgehead atoms. The highest BCUT2D eigenvalue weighted by molar-refractivity contribution is 7.88. The number of hydrogen-bond acceptors (Lipinski definition) is 4. The summed E-state index contributed by atoms with van der Waals surface area (Å²) < 4.78 is 53.8. The van der Waals surface area contributed by atoms with Crippen LogP contribution in [0.15, 0.2) is 42.5 Å². The Morgan fingerprint density at radius 2 is 1.63 bits per heavy atom. The van der Waals surface area contributed by atoms with Gasteiger partial charge >= 0.3 is 0 Å². The van der Waals surface area contributed by atoms with Crippen molar-refractivity contribution in [3.8, 4) is 0 Å². The molecule has 5 nitrogen and oxygen atoms in total. The lowest BCUT2D eigenvalue weighted by Crippen LogP contribution is -2.49. The molecule has 0 aromatic heterocycles. The van der Waals surface area contributed by atoms with Gasteiger partial charge in [0.15, 0.2) is 5.78 Å². The topological polar surface area (TPSA) is 57.7 Å². The first-order chi connectivity index (χ1) is 12.8. The van der Waals surface area contributed by atoms with Crippen molar-refractivity contribution in [2.45, 2.75) is 12.7 Å². The van der Waals surface area contributed by atoms with Crippen molar-refractivity contribution in [1.82, 2.24) is 4.31 Å². The third kappa shape index (κ3) is 4.51. The maximum Gasteiger partial charge on any atom is 0.218 e. The van der Waals surface area contributed by atoms with E-state index in [2.05, 4.69) is 0 Å². The highest BCUT2D eigenvalue weighted by Crippen LogP contribution is 2.23. The number of piperazine rings is 1. The Bertz CT molecular complexity index is 938. The van der Waals surface area contributed by atoms with Crippen molar-refractivity contribution in [3.05, 3.63) is 65.2 Å². The van der Waals surface area contributed by atoms with Gasteiger partial charge in [-0.2, -0.15) is 4.31 Å². The minimum absolute atomic E-state index is 0.199. The fourth-order valence-electron chi connectivity index (χ4n) is 3.07. The first-order valence-corrected chi connectivity index (χ1v) is 10.1. The lowest BCUT2D eigenvalue weighted by atomic mass is 10.1. The van der Waals surface area contributed by atoms with Gasteiger partial charge in [0.1, 0.15) is 11.6 Å². The Morgan fingerprint density at radius 3 is 2.19 bits per heavy atom. The van der Waals surface area contributed by atoms with Crippen LogP contribution in [0, 0.1) is 11.6 Å². The number of anilines is 1. The van der Waals surface area contributed by atoms with Crippen LogP contribution in [0.1, 0.15) is 22.8 Å². The molecule has 144 valence electrons. The average Bonchev–Trinajstić information content (AvgIpc) is 2.63. The SMILES string of the molecule is CC(=O)c1ccc(N2CCN(S(=O)(=O)Cc3ccc(F)cc3)CC2)c(F)c1. The number of hydrogen-bond donors (Lipinski definition) is 0. The van der Waals surface area contributed by atoms with E-state index in [-0.39, 0.29) is 24.6 Å². The molecule has 0 radical (unpaired) electrons. The van der Waals surface area contributed by atoms with Crippen LogP contribution in [-0.4, -0.2) is 44.7 Å². The third-order valence-electron chi connectivity index (χ3n) is 4.59. The molecule has 2 aromatic carbocycles. The van der Waals surface area contributed by atoms with Gasteiger partial charge in [-0.05, 0) is 42.8 Å². The van der Waals surface area contributed by atoms with E-state index in [0.717, 1.165) is 0 Å². The monoisotopic (exact) mass is 394 g/mol. The van der Waals surface area contributed by atoms with Crippen molar-refractivity contribution in [1.29, 1.82) is 0 Å². The summed E-state index contributed by atoms with van der Waals surface area (Å²) in [5.74, 6) is -1.32. The van der Waals surface area contributed by atoms with Crippen LogP contribution in [0.4, 0.5) is 14.5 Å². The van der Waals surface area contributed by atoms with Crippen molar-refractivity contribution in [2.75, 3.05) is 31.1 Å². The van der Waals surface area contributed by atoms with Gasteiger partial charge in [0.25, 0.3) is 0 Å². The second kappa shape index (κ2) is 7.74. The molecule has 1 saturated heterocycles. The van der Waals surface area contributed by atoms with Gasteiger partial charge in [0, 0.05) is 31.7 Å². The predicted octanol–water partition coefficient (Wildman–Crippen LogP) is 2.82. The summed E-state index contributed by atoms with van der Waals surface area (Å²) in [4.78, 5) is 13.1. The second-order valence-electron chi connectivity index (χ2n) is 6.49. The Morgan fingerprint density at radius 1 is 1.00 bits per heavy atom. The second-order valence-corrected chi connectivity index (χ2v) is 8.46. The van der Waals surface area contributed by atoms with Crippen LogP contribution < -0.4 is 4.90 Å². The normalized spacial score (nSPS) is 15.7. The number of Topliss-reactive ketones (excluding diaryl/α,β-unsaturated/α-hetero) is 1. The molecule has 0 spiro atoms. The average molecular weight is 394 g/mol. The smallest absolute Gasteiger partial charge is 0.218 e. The number of sulfonamides is 1. The van der Waals surface area contributed by atoms with E-state index in [4.69, 9.17) is 0 Å². The zero-order chi connectivity index (χ0) is 19.6. The van der Waals surface area contributed by atoms with Crippen molar-refractivity contribution in [3.63, 3.8) is 0 Å². The minimum Gasteiger partial charge on any atom is -0.367 e. The summed E-state index contributed by atoms with van der Waals surface area (Å²) in [5, 5.41) is 0. The Kier molecular flexibility index (Phi) is 5.57. The largest absolute Gasteiger partial charge is 0.367 e. The molecule has 1 heterocycles. The summed E-state index contributed by atoms with van der Waals surface area (Å²) in [6, 6.07) is 9.69. The molecular formula is C19H20F2N2O3S. The summed E-state index contributed by atoms with van der Waals surface area (Å²) in [6.45, 7) is 2.53. The molecule has 0 saturated carbocycles. The number of benzene rings is 2. The zero-order valence-corrected chi connectivity index (χ0v) is 15.7. The minimum atomic E-state index is -3.54. The fraction of sp³-hybridized carbons (Fsp3) is 0.316. The molecule has 0 unspecified atom stereocenters. The summed E-state index contributed by atoms with van der Waals surface area (Å²) >= 11 is 0. The lowest BCUT2D eigenvalue weighted by molar-refractivity contribution is 0.101. The zero-order valence-electron chi connectivity index (χ0n) is 14.9. The number of rotatable bonds is 5. The number of carbonyl (C=O) groups excluding carboxylic acids is 1. The molecule has 8 heteroatoms. The van der Waals surface area contributed by atoms with Gasteiger partial charge in [-0.25, -0.2) is 17.2 Å². The van der Waals surface area contributed by atoms with Crippen LogP contribution in [0.2, 0.25) is 0 Å². The van der Waals surface area contributed by atoms with E-state index in [1.807, 2.05) is 0 Å². The molecule has 1 fully saturated rings. The van der Waals surface area contributed by atoms with Crippen LogP contribution in [0.3, 0.4) is 0 Å². The molecule has 0 aliphatic carbocycles. The van der Waals surface area contributed by atoms with Crippen LogP contribution >= 0.6 is 0 Å². The number of halogens is 2. The van der Waals surface area contributed by atoms with Gasteiger partial charge in [0.05, 0.1) is 11.4 Å². The van der Waals surface area contributed by atoms with Gasteiger partial charge in [-0.15, -0.1) is 0 Å². The van der Waals surface area contributed by atoms with E-state index in [0.29, 0.717) is 29.9 Å². The van der Waals surface area contributed by atoms with E-state index < -0.39 is 21.7 Å².